The van der Waals surface area contributed by atoms with E-state index in [-0.39, 0.29) is 6.03 Å². The maximum Gasteiger partial charge on any atom is 0.344 e. The van der Waals surface area contributed by atoms with Crippen LogP contribution in [0.2, 0.25) is 0 Å². The number of hydrogen-bond donors (Lipinski definition) is 1. The van der Waals surface area contributed by atoms with Crippen LogP contribution in [0.15, 0.2) is 24.3 Å². The fourth-order valence-corrected chi connectivity index (χ4v) is 2.61. The number of amides is 2. The number of carboxylic acids is 1. The monoisotopic (exact) mass is 335 g/mol. The number of aliphatic carboxylic acids is 1. The van der Waals surface area contributed by atoms with E-state index in [1.807, 2.05) is 23.1 Å². The summed E-state index contributed by atoms with van der Waals surface area (Å²) in [7, 11) is 3.51. The van der Waals surface area contributed by atoms with Crippen LogP contribution in [-0.2, 0) is 11.3 Å². The van der Waals surface area contributed by atoms with Crippen molar-refractivity contribution in [1.29, 1.82) is 0 Å². The molecule has 1 heterocycles. The van der Waals surface area contributed by atoms with Crippen molar-refractivity contribution in [3.8, 4) is 5.75 Å². The zero-order valence-corrected chi connectivity index (χ0v) is 14.4. The van der Waals surface area contributed by atoms with Gasteiger partial charge in [-0.25, -0.2) is 9.59 Å². The van der Waals surface area contributed by atoms with Crippen molar-refractivity contribution in [1.82, 2.24) is 14.7 Å². The Balaban J connectivity index is 1.95. The third kappa shape index (κ3) is 4.61. The minimum absolute atomic E-state index is 0.0358. The number of hydrogen-bond acceptors (Lipinski definition) is 4. The van der Waals surface area contributed by atoms with Gasteiger partial charge < -0.3 is 19.6 Å². The molecule has 0 radical (unpaired) electrons. The Labute approximate surface area is 142 Å². The SMILES string of the molecule is C[C@@H](Oc1ccccc1CN1CCN(C(=O)N(C)C)CC1)C(=O)O. The highest BCUT2D eigenvalue weighted by Gasteiger charge is 2.23. The van der Waals surface area contributed by atoms with E-state index in [1.165, 1.54) is 6.92 Å². The third-order valence-electron chi connectivity index (χ3n) is 4.04. The Morgan fingerprint density at radius 3 is 2.42 bits per heavy atom. The first kappa shape index (κ1) is 18.1. The van der Waals surface area contributed by atoms with Crippen molar-refractivity contribution in [2.45, 2.75) is 19.6 Å². The normalized spacial score (nSPS) is 16.5. The molecule has 1 aliphatic heterocycles. The van der Waals surface area contributed by atoms with Gasteiger partial charge in [0.25, 0.3) is 0 Å². The molecule has 0 aromatic heterocycles. The van der Waals surface area contributed by atoms with Crippen LogP contribution < -0.4 is 4.74 Å². The number of benzene rings is 1. The molecule has 7 nitrogen and oxygen atoms in total. The van der Waals surface area contributed by atoms with E-state index >= 15 is 0 Å². The highest BCUT2D eigenvalue weighted by molar-refractivity contribution is 5.74. The Bertz CT molecular complexity index is 583. The van der Waals surface area contributed by atoms with Gasteiger partial charge in [-0.15, -0.1) is 0 Å². The molecule has 2 rings (SSSR count). The minimum Gasteiger partial charge on any atom is -0.479 e. The quantitative estimate of drug-likeness (QED) is 0.879. The fraction of sp³-hybridized carbons (Fsp3) is 0.529. The van der Waals surface area contributed by atoms with E-state index in [2.05, 4.69) is 4.90 Å². The number of carbonyl (C=O) groups is 2. The van der Waals surface area contributed by atoms with Crippen molar-refractivity contribution in [2.24, 2.45) is 0 Å². The summed E-state index contributed by atoms with van der Waals surface area (Å²) in [5, 5.41) is 9.00. The zero-order valence-electron chi connectivity index (χ0n) is 14.4. The maximum absolute atomic E-state index is 12.0. The molecule has 0 bridgehead atoms. The molecular formula is C17H25N3O4. The van der Waals surface area contributed by atoms with Crippen molar-refractivity contribution in [2.75, 3.05) is 40.3 Å². The van der Waals surface area contributed by atoms with Gasteiger partial charge in [-0.2, -0.15) is 0 Å². The summed E-state index contributed by atoms with van der Waals surface area (Å²) >= 11 is 0. The Morgan fingerprint density at radius 1 is 1.21 bits per heavy atom. The van der Waals surface area contributed by atoms with Crippen LogP contribution in [0.5, 0.6) is 5.75 Å². The number of carbonyl (C=O) groups excluding carboxylic acids is 1. The summed E-state index contributed by atoms with van der Waals surface area (Å²) in [6, 6.07) is 7.52. The molecule has 1 fully saturated rings. The van der Waals surface area contributed by atoms with E-state index in [1.54, 1.807) is 25.1 Å². The Hall–Kier alpha value is -2.28. The number of urea groups is 1. The van der Waals surface area contributed by atoms with E-state index in [4.69, 9.17) is 9.84 Å². The zero-order chi connectivity index (χ0) is 17.7. The Morgan fingerprint density at radius 2 is 1.83 bits per heavy atom. The summed E-state index contributed by atoms with van der Waals surface area (Å²) < 4.78 is 5.54. The van der Waals surface area contributed by atoms with Crippen LogP contribution in [0.1, 0.15) is 12.5 Å². The number of piperazine rings is 1. The van der Waals surface area contributed by atoms with E-state index in [0.29, 0.717) is 25.4 Å². The van der Waals surface area contributed by atoms with Crippen LogP contribution in [0.4, 0.5) is 4.79 Å². The molecule has 0 saturated carbocycles. The second-order valence-electron chi connectivity index (χ2n) is 6.15. The van der Waals surface area contributed by atoms with Crippen molar-refractivity contribution in [3.63, 3.8) is 0 Å². The topological polar surface area (TPSA) is 73.3 Å². The predicted octanol–water partition coefficient (Wildman–Crippen LogP) is 1.34. The highest BCUT2D eigenvalue weighted by atomic mass is 16.5. The molecule has 1 atom stereocenters. The van der Waals surface area contributed by atoms with Crippen LogP contribution >= 0.6 is 0 Å². The summed E-state index contributed by atoms with van der Waals surface area (Å²) in [6.07, 6.45) is -0.888. The molecule has 0 unspecified atom stereocenters. The molecule has 1 aromatic carbocycles. The fourth-order valence-electron chi connectivity index (χ4n) is 2.61. The van der Waals surface area contributed by atoms with Gasteiger partial charge in [0.15, 0.2) is 6.10 Å². The number of nitrogens with zero attached hydrogens (tertiary/aromatic N) is 3. The van der Waals surface area contributed by atoms with Crippen LogP contribution in [0, 0.1) is 0 Å². The van der Waals surface area contributed by atoms with Gasteiger partial charge in [0.1, 0.15) is 5.75 Å². The maximum atomic E-state index is 12.0. The molecule has 1 saturated heterocycles. The number of rotatable bonds is 5. The summed E-state index contributed by atoms with van der Waals surface area (Å²) in [5.41, 5.74) is 0.956. The van der Waals surface area contributed by atoms with Crippen molar-refractivity contribution < 1.29 is 19.4 Å². The first-order chi connectivity index (χ1) is 11.4. The van der Waals surface area contributed by atoms with Crippen molar-refractivity contribution >= 4 is 12.0 Å². The van der Waals surface area contributed by atoms with Crippen LogP contribution in [-0.4, -0.2) is 78.2 Å². The molecular weight excluding hydrogens is 310 g/mol. The summed E-state index contributed by atoms with van der Waals surface area (Å²) in [4.78, 5) is 28.6. The van der Waals surface area contributed by atoms with Gasteiger partial charge in [-0.3, -0.25) is 4.90 Å². The van der Waals surface area contributed by atoms with E-state index < -0.39 is 12.1 Å². The van der Waals surface area contributed by atoms with E-state index in [9.17, 15) is 9.59 Å². The lowest BCUT2D eigenvalue weighted by Crippen LogP contribution is -2.51. The summed E-state index contributed by atoms with van der Waals surface area (Å²) in [5.74, 6) is -0.389. The number of carboxylic acid groups (broad SMARTS) is 1. The van der Waals surface area contributed by atoms with Gasteiger partial charge in [-0.05, 0) is 13.0 Å². The molecule has 132 valence electrons. The lowest BCUT2D eigenvalue weighted by molar-refractivity contribution is -0.144. The number of para-hydroxylation sites is 1. The average Bonchev–Trinajstić information content (AvgIpc) is 2.56. The minimum atomic E-state index is -0.986. The lowest BCUT2D eigenvalue weighted by Gasteiger charge is -2.36. The molecule has 0 spiro atoms. The van der Waals surface area contributed by atoms with Gasteiger partial charge in [-0.1, -0.05) is 18.2 Å². The van der Waals surface area contributed by atoms with Gasteiger partial charge in [0, 0.05) is 52.4 Å². The van der Waals surface area contributed by atoms with Gasteiger partial charge >= 0.3 is 12.0 Å². The predicted molar refractivity (Wildman–Crippen MR) is 90.1 cm³/mol. The molecule has 24 heavy (non-hydrogen) atoms. The molecule has 0 aliphatic carbocycles. The van der Waals surface area contributed by atoms with Gasteiger partial charge in [0.05, 0.1) is 0 Å². The third-order valence-corrected chi connectivity index (χ3v) is 4.04. The average molecular weight is 335 g/mol. The largest absolute Gasteiger partial charge is 0.479 e. The molecule has 2 amide bonds. The van der Waals surface area contributed by atoms with Crippen LogP contribution in [0.25, 0.3) is 0 Å². The Kier molecular flexibility index (Phi) is 6.03. The van der Waals surface area contributed by atoms with Crippen LogP contribution in [0.3, 0.4) is 0 Å². The molecule has 1 aromatic rings. The molecule has 7 heteroatoms. The second-order valence-corrected chi connectivity index (χ2v) is 6.15. The first-order valence-corrected chi connectivity index (χ1v) is 8.04. The smallest absolute Gasteiger partial charge is 0.344 e. The first-order valence-electron chi connectivity index (χ1n) is 8.04. The number of ether oxygens (including phenoxy) is 1. The standard InChI is InChI=1S/C17H25N3O4/c1-13(16(21)22)24-15-7-5-4-6-14(15)12-19-8-10-20(11-9-19)17(23)18(2)3/h4-7,13H,8-12H2,1-3H3,(H,21,22)/t13-/m1/s1. The molecule has 1 N–H and O–H groups in total. The second kappa shape index (κ2) is 8.01. The van der Waals surface area contributed by atoms with E-state index in [0.717, 1.165) is 18.7 Å². The lowest BCUT2D eigenvalue weighted by atomic mass is 10.1. The van der Waals surface area contributed by atoms with Crippen molar-refractivity contribution in [3.05, 3.63) is 29.8 Å². The summed E-state index contributed by atoms with van der Waals surface area (Å²) in [6.45, 7) is 5.12. The molecule has 1 aliphatic rings. The van der Waals surface area contributed by atoms with Gasteiger partial charge in [0.2, 0.25) is 0 Å². The highest BCUT2D eigenvalue weighted by Crippen LogP contribution is 2.22.